The van der Waals surface area contributed by atoms with Gasteiger partial charge in [0.2, 0.25) is 0 Å². The Morgan fingerprint density at radius 3 is 2.67 bits per heavy atom. The standard InChI is InChI=1S/C15H22ClN3O2/c1-11(2)9-15(5-3-4-6-15)10-17-14-8-12(19(20)21)7-13(16)18-14/h7-8,11H,3-6,9-10H2,1-2H3,(H,17,18). The maximum absolute atomic E-state index is 10.9. The smallest absolute Gasteiger partial charge is 0.276 e. The van der Waals surface area contributed by atoms with Crippen LogP contribution in [0.2, 0.25) is 5.15 Å². The highest BCUT2D eigenvalue weighted by molar-refractivity contribution is 6.29. The number of nitrogens with zero attached hydrogens (tertiary/aromatic N) is 2. The molecule has 0 atom stereocenters. The maximum atomic E-state index is 10.9. The van der Waals surface area contributed by atoms with Gasteiger partial charge in [-0.2, -0.15) is 0 Å². The van der Waals surface area contributed by atoms with Crippen LogP contribution in [0.5, 0.6) is 0 Å². The molecule has 0 saturated heterocycles. The van der Waals surface area contributed by atoms with Crippen molar-refractivity contribution in [2.24, 2.45) is 11.3 Å². The van der Waals surface area contributed by atoms with Gasteiger partial charge >= 0.3 is 0 Å². The lowest BCUT2D eigenvalue weighted by Crippen LogP contribution is -2.28. The summed E-state index contributed by atoms with van der Waals surface area (Å²) < 4.78 is 0. The second-order valence-corrected chi connectivity index (χ2v) is 6.84. The van der Waals surface area contributed by atoms with Crippen LogP contribution in [-0.4, -0.2) is 16.5 Å². The quantitative estimate of drug-likeness (QED) is 0.471. The maximum Gasteiger partial charge on any atom is 0.276 e. The molecule has 1 fully saturated rings. The third kappa shape index (κ3) is 4.30. The number of pyridine rings is 1. The van der Waals surface area contributed by atoms with E-state index < -0.39 is 4.92 Å². The molecule has 21 heavy (non-hydrogen) atoms. The molecule has 0 radical (unpaired) electrons. The molecule has 0 bridgehead atoms. The number of aromatic nitrogens is 1. The molecule has 0 spiro atoms. The van der Waals surface area contributed by atoms with Gasteiger partial charge in [0.1, 0.15) is 11.0 Å². The van der Waals surface area contributed by atoms with E-state index >= 15 is 0 Å². The fraction of sp³-hybridized carbons (Fsp3) is 0.667. The van der Waals surface area contributed by atoms with Crippen LogP contribution in [0.3, 0.4) is 0 Å². The Bertz CT molecular complexity index is 514. The van der Waals surface area contributed by atoms with E-state index in [4.69, 9.17) is 11.6 Å². The summed E-state index contributed by atoms with van der Waals surface area (Å²) in [5.41, 5.74) is 0.259. The second-order valence-electron chi connectivity index (χ2n) is 6.45. The third-order valence-electron chi connectivity index (χ3n) is 4.14. The van der Waals surface area contributed by atoms with Crippen LogP contribution in [0.25, 0.3) is 0 Å². The Morgan fingerprint density at radius 1 is 1.43 bits per heavy atom. The molecule has 0 unspecified atom stereocenters. The van der Waals surface area contributed by atoms with Crippen molar-refractivity contribution in [2.45, 2.75) is 46.0 Å². The van der Waals surface area contributed by atoms with E-state index in [1.165, 1.54) is 44.2 Å². The Kier molecular flexibility index (Phi) is 5.04. The first-order chi connectivity index (χ1) is 9.90. The summed E-state index contributed by atoms with van der Waals surface area (Å²) in [5.74, 6) is 1.13. The Hall–Kier alpha value is -1.36. The average molecular weight is 312 g/mol. The van der Waals surface area contributed by atoms with E-state index in [1.54, 1.807) is 0 Å². The fourth-order valence-corrected chi connectivity index (χ4v) is 3.60. The molecule has 5 nitrogen and oxygen atoms in total. The molecule has 1 N–H and O–H groups in total. The topological polar surface area (TPSA) is 68.1 Å². The molecule has 1 aromatic rings. The summed E-state index contributed by atoms with van der Waals surface area (Å²) in [6.45, 7) is 5.28. The summed E-state index contributed by atoms with van der Waals surface area (Å²) in [6.07, 6.45) is 6.11. The minimum Gasteiger partial charge on any atom is -0.369 e. The van der Waals surface area contributed by atoms with E-state index in [0.717, 1.165) is 6.54 Å². The van der Waals surface area contributed by atoms with Gasteiger partial charge in [-0.1, -0.05) is 38.3 Å². The number of hydrogen-bond donors (Lipinski definition) is 1. The van der Waals surface area contributed by atoms with Crippen molar-refractivity contribution < 1.29 is 4.92 Å². The van der Waals surface area contributed by atoms with Crippen LogP contribution in [0.15, 0.2) is 12.1 Å². The van der Waals surface area contributed by atoms with Crippen molar-refractivity contribution >= 4 is 23.1 Å². The third-order valence-corrected chi connectivity index (χ3v) is 4.33. The SMILES string of the molecule is CC(C)CC1(CNc2cc([N+](=O)[O-])cc(Cl)n2)CCCC1. The summed E-state index contributed by atoms with van der Waals surface area (Å²) in [6, 6.07) is 2.72. The lowest BCUT2D eigenvalue weighted by atomic mass is 9.78. The van der Waals surface area contributed by atoms with Crippen LogP contribution in [0, 0.1) is 21.4 Å². The predicted molar refractivity (Wildman–Crippen MR) is 84.7 cm³/mol. The molecule has 0 aromatic carbocycles. The number of rotatable bonds is 6. The number of nitro groups is 1. The molecular formula is C15H22ClN3O2. The van der Waals surface area contributed by atoms with E-state index in [-0.39, 0.29) is 16.3 Å². The van der Waals surface area contributed by atoms with E-state index in [2.05, 4.69) is 24.1 Å². The molecule has 0 amide bonds. The molecule has 1 aromatic heterocycles. The summed E-state index contributed by atoms with van der Waals surface area (Å²) in [5, 5.41) is 14.3. The first-order valence-electron chi connectivity index (χ1n) is 7.46. The van der Waals surface area contributed by atoms with Crippen LogP contribution < -0.4 is 5.32 Å². The number of halogens is 1. The zero-order chi connectivity index (χ0) is 15.5. The van der Waals surface area contributed by atoms with Crippen LogP contribution in [0.4, 0.5) is 11.5 Å². The van der Waals surface area contributed by atoms with Gasteiger partial charge in [-0.15, -0.1) is 0 Å². The van der Waals surface area contributed by atoms with Crippen molar-refractivity contribution in [3.8, 4) is 0 Å². The molecule has 0 aliphatic heterocycles. The molecule has 1 saturated carbocycles. The zero-order valence-electron chi connectivity index (χ0n) is 12.6. The van der Waals surface area contributed by atoms with E-state index in [1.807, 2.05) is 0 Å². The molecule has 1 aliphatic rings. The molecule has 116 valence electrons. The van der Waals surface area contributed by atoms with Gasteiger partial charge in [0.05, 0.1) is 17.1 Å². The highest BCUT2D eigenvalue weighted by Crippen LogP contribution is 2.43. The summed E-state index contributed by atoms with van der Waals surface area (Å²) in [4.78, 5) is 14.6. The summed E-state index contributed by atoms with van der Waals surface area (Å²) >= 11 is 5.85. The largest absolute Gasteiger partial charge is 0.369 e. The van der Waals surface area contributed by atoms with Crippen molar-refractivity contribution in [1.82, 2.24) is 4.98 Å². The van der Waals surface area contributed by atoms with Crippen molar-refractivity contribution in [1.29, 1.82) is 0 Å². The van der Waals surface area contributed by atoms with Gasteiger partial charge in [0.25, 0.3) is 5.69 Å². The van der Waals surface area contributed by atoms with Crippen LogP contribution >= 0.6 is 11.6 Å². The zero-order valence-corrected chi connectivity index (χ0v) is 13.3. The minimum absolute atomic E-state index is 0.0261. The highest BCUT2D eigenvalue weighted by atomic mass is 35.5. The Morgan fingerprint density at radius 2 is 2.10 bits per heavy atom. The normalized spacial score (nSPS) is 17.1. The van der Waals surface area contributed by atoms with Crippen molar-refractivity contribution in [3.63, 3.8) is 0 Å². The molecule has 2 rings (SSSR count). The number of anilines is 1. The lowest BCUT2D eigenvalue weighted by Gasteiger charge is -2.31. The first kappa shape index (κ1) is 16.0. The fourth-order valence-electron chi connectivity index (χ4n) is 3.40. The van der Waals surface area contributed by atoms with Crippen LogP contribution in [0.1, 0.15) is 46.0 Å². The van der Waals surface area contributed by atoms with Gasteiger partial charge in [0, 0.05) is 6.54 Å². The molecule has 1 aliphatic carbocycles. The van der Waals surface area contributed by atoms with Gasteiger partial charge in [-0.3, -0.25) is 10.1 Å². The Labute approximate surface area is 130 Å². The van der Waals surface area contributed by atoms with Crippen molar-refractivity contribution in [3.05, 3.63) is 27.4 Å². The lowest BCUT2D eigenvalue weighted by molar-refractivity contribution is -0.384. The average Bonchev–Trinajstić information content (AvgIpc) is 2.84. The van der Waals surface area contributed by atoms with Crippen molar-refractivity contribution in [2.75, 3.05) is 11.9 Å². The van der Waals surface area contributed by atoms with E-state index in [9.17, 15) is 10.1 Å². The number of nitrogens with one attached hydrogen (secondary N) is 1. The predicted octanol–water partition coefficient (Wildman–Crippen LogP) is 4.66. The van der Waals surface area contributed by atoms with E-state index in [0.29, 0.717) is 11.7 Å². The molecular weight excluding hydrogens is 290 g/mol. The summed E-state index contributed by atoms with van der Waals surface area (Å²) in [7, 11) is 0. The molecule has 6 heteroatoms. The second kappa shape index (κ2) is 6.60. The van der Waals surface area contributed by atoms with Crippen LogP contribution in [-0.2, 0) is 0 Å². The first-order valence-corrected chi connectivity index (χ1v) is 7.84. The molecule has 1 heterocycles. The van der Waals surface area contributed by atoms with Gasteiger partial charge in [0.15, 0.2) is 0 Å². The minimum atomic E-state index is -0.446. The van der Waals surface area contributed by atoms with Gasteiger partial charge in [-0.25, -0.2) is 4.98 Å². The highest BCUT2D eigenvalue weighted by Gasteiger charge is 2.34. The van der Waals surface area contributed by atoms with Gasteiger partial charge < -0.3 is 5.32 Å². The number of hydrogen-bond acceptors (Lipinski definition) is 4. The van der Waals surface area contributed by atoms with Gasteiger partial charge in [-0.05, 0) is 30.6 Å². The monoisotopic (exact) mass is 311 g/mol. The Balaban J connectivity index is 2.09.